The van der Waals surface area contributed by atoms with Crippen LogP contribution in [-0.2, 0) is 13.0 Å². The highest BCUT2D eigenvalue weighted by molar-refractivity contribution is 5.28. The summed E-state index contributed by atoms with van der Waals surface area (Å²) in [5, 5.41) is 9.25. The molecule has 19 heavy (non-hydrogen) atoms. The lowest BCUT2D eigenvalue weighted by Gasteiger charge is -2.08. The summed E-state index contributed by atoms with van der Waals surface area (Å²) in [6, 6.07) is 18.2. The molecule has 0 spiro atoms. The molecule has 0 aliphatic rings. The third-order valence-corrected chi connectivity index (χ3v) is 3.02. The molecule has 0 amide bonds. The summed E-state index contributed by atoms with van der Waals surface area (Å²) in [7, 11) is 0. The van der Waals surface area contributed by atoms with Crippen LogP contribution in [0.25, 0.3) is 0 Å². The van der Waals surface area contributed by atoms with Gasteiger partial charge in [-0.05, 0) is 43.0 Å². The Morgan fingerprint density at radius 1 is 0.947 bits per heavy atom. The summed E-state index contributed by atoms with van der Waals surface area (Å²) >= 11 is 0. The number of aliphatic hydroxyl groups excluding tert-OH is 1. The lowest BCUT2D eigenvalue weighted by Crippen LogP contribution is -2.01. The molecule has 0 radical (unpaired) electrons. The van der Waals surface area contributed by atoms with Gasteiger partial charge in [-0.15, -0.1) is 0 Å². The first-order valence-electron chi connectivity index (χ1n) is 6.68. The quantitative estimate of drug-likeness (QED) is 0.856. The van der Waals surface area contributed by atoms with Crippen LogP contribution in [0.3, 0.4) is 0 Å². The smallest absolute Gasteiger partial charge is 0.119 e. The minimum absolute atomic E-state index is 0.242. The molecular weight excluding hydrogens is 236 g/mol. The third-order valence-electron chi connectivity index (χ3n) is 3.02. The topological polar surface area (TPSA) is 29.5 Å². The first-order chi connectivity index (χ1) is 9.24. The summed E-state index contributed by atoms with van der Waals surface area (Å²) in [5.74, 6) is 0.879. The molecule has 1 atom stereocenters. The van der Waals surface area contributed by atoms with Crippen molar-refractivity contribution < 1.29 is 9.84 Å². The summed E-state index contributed by atoms with van der Waals surface area (Å²) in [5.41, 5.74) is 2.40. The molecule has 2 aromatic rings. The van der Waals surface area contributed by atoms with Gasteiger partial charge < -0.3 is 9.84 Å². The van der Waals surface area contributed by atoms with E-state index < -0.39 is 0 Å². The van der Waals surface area contributed by atoms with Gasteiger partial charge >= 0.3 is 0 Å². The van der Waals surface area contributed by atoms with Gasteiger partial charge in [0.15, 0.2) is 0 Å². The van der Waals surface area contributed by atoms with Crippen molar-refractivity contribution in [2.24, 2.45) is 0 Å². The zero-order valence-electron chi connectivity index (χ0n) is 11.3. The summed E-state index contributed by atoms with van der Waals surface area (Å²) in [6.45, 7) is 2.41. The fraction of sp³-hybridized carbons (Fsp3) is 0.294. The number of rotatable bonds is 6. The Bertz CT molecular complexity index is 474. The van der Waals surface area contributed by atoms with Crippen LogP contribution < -0.4 is 4.74 Å². The molecule has 0 aromatic heterocycles. The molecule has 0 heterocycles. The van der Waals surface area contributed by atoms with Gasteiger partial charge in [0.05, 0.1) is 6.10 Å². The van der Waals surface area contributed by atoms with E-state index in [1.165, 1.54) is 11.1 Å². The number of benzene rings is 2. The number of hydrogen-bond acceptors (Lipinski definition) is 2. The SMILES string of the molecule is CC(O)CCc1ccc(OCc2ccccc2)cc1. The predicted octanol–water partition coefficient (Wildman–Crippen LogP) is 3.58. The highest BCUT2D eigenvalue weighted by atomic mass is 16.5. The van der Waals surface area contributed by atoms with E-state index in [4.69, 9.17) is 4.74 Å². The van der Waals surface area contributed by atoms with Crippen molar-refractivity contribution in [1.29, 1.82) is 0 Å². The Morgan fingerprint density at radius 3 is 2.26 bits per heavy atom. The van der Waals surface area contributed by atoms with Gasteiger partial charge in [0.1, 0.15) is 12.4 Å². The molecule has 1 unspecified atom stereocenters. The van der Waals surface area contributed by atoms with Crippen molar-refractivity contribution >= 4 is 0 Å². The number of ether oxygens (including phenoxy) is 1. The number of aryl methyl sites for hydroxylation is 1. The van der Waals surface area contributed by atoms with Crippen molar-refractivity contribution in [2.75, 3.05) is 0 Å². The first kappa shape index (κ1) is 13.6. The molecule has 0 aliphatic carbocycles. The second-order valence-electron chi connectivity index (χ2n) is 4.81. The summed E-state index contributed by atoms with van der Waals surface area (Å²) in [6.07, 6.45) is 1.45. The lowest BCUT2D eigenvalue weighted by atomic mass is 10.1. The first-order valence-corrected chi connectivity index (χ1v) is 6.68. The van der Waals surface area contributed by atoms with Gasteiger partial charge in [-0.25, -0.2) is 0 Å². The van der Waals surface area contributed by atoms with Crippen LogP contribution >= 0.6 is 0 Å². The van der Waals surface area contributed by atoms with Gasteiger partial charge in [-0.1, -0.05) is 42.5 Å². The highest BCUT2D eigenvalue weighted by Crippen LogP contribution is 2.15. The Kier molecular flexibility index (Phi) is 4.99. The normalized spacial score (nSPS) is 12.1. The van der Waals surface area contributed by atoms with E-state index in [0.29, 0.717) is 6.61 Å². The largest absolute Gasteiger partial charge is 0.489 e. The van der Waals surface area contributed by atoms with E-state index in [-0.39, 0.29) is 6.10 Å². The van der Waals surface area contributed by atoms with Gasteiger partial charge in [-0.2, -0.15) is 0 Å². The van der Waals surface area contributed by atoms with Crippen molar-refractivity contribution in [3.63, 3.8) is 0 Å². The van der Waals surface area contributed by atoms with E-state index in [0.717, 1.165) is 18.6 Å². The predicted molar refractivity (Wildman–Crippen MR) is 77.2 cm³/mol. The fourth-order valence-electron chi connectivity index (χ4n) is 1.87. The van der Waals surface area contributed by atoms with Gasteiger partial charge in [0, 0.05) is 0 Å². The minimum atomic E-state index is -0.242. The molecule has 0 bridgehead atoms. The Morgan fingerprint density at radius 2 is 1.63 bits per heavy atom. The molecule has 2 heteroatoms. The monoisotopic (exact) mass is 256 g/mol. The van der Waals surface area contributed by atoms with Crippen LogP contribution in [0.2, 0.25) is 0 Å². The highest BCUT2D eigenvalue weighted by Gasteiger charge is 1.99. The average molecular weight is 256 g/mol. The second kappa shape index (κ2) is 6.95. The average Bonchev–Trinajstić information content (AvgIpc) is 2.45. The molecular formula is C17H20O2. The van der Waals surface area contributed by atoms with Crippen molar-refractivity contribution in [3.05, 3.63) is 65.7 Å². The van der Waals surface area contributed by atoms with Gasteiger partial charge in [0.25, 0.3) is 0 Å². The summed E-state index contributed by atoms with van der Waals surface area (Å²) < 4.78 is 5.72. The number of hydrogen-bond donors (Lipinski definition) is 1. The Balaban J connectivity index is 1.85. The van der Waals surface area contributed by atoms with Crippen LogP contribution in [0.4, 0.5) is 0 Å². The maximum absolute atomic E-state index is 9.25. The van der Waals surface area contributed by atoms with E-state index >= 15 is 0 Å². The molecule has 0 saturated heterocycles. The van der Waals surface area contributed by atoms with E-state index in [9.17, 15) is 5.11 Å². The number of aliphatic hydroxyl groups is 1. The molecule has 100 valence electrons. The third kappa shape index (κ3) is 4.76. The van der Waals surface area contributed by atoms with E-state index in [1.807, 2.05) is 37.3 Å². The van der Waals surface area contributed by atoms with Crippen molar-refractivity contribution in [1.82, 2.24) is 0 Å². The van der Waals surface area contributed by atoms with Crippen molar-refractivity contribution in [3.8, 4) is 5.75 Å². The zero-order valence-corrected chi connectivity index (χ0v) is 11.3. The minimum Gasteiger partial charge on any atom is -0.489 e. The molecule has 0 aliphatic heterocycles. The standard InChI is InChI=1S/C17H20O2/c1-14(18)7-8-15-9-11-17(12-10-15)19-13-16-5-3-2-4-6-16/h2-6,9-12,14,18H,7-8,13H2,1H3. The molecule has 2 aromatic carbocycles. The molecule has 0 saturated carbocycles. The molecule has 1 N–H and O–H groups in total. The van der Waals surface area contributed by atoms with Gasteiger partial charge in [-0.3, -0.25) is 0 Å². The molecule has 2 rings (SSSR count). The summed E-state index contributed by atoms with van der Waals surface area (Å²) in [4.78, 5) is 0. The molecule has 0 fully saturated rings. The zero-order chi connectivity index (χ0) is 13.5. The lowest BCUT2D eigenvalue weighted by molar-refractivity contribution is 0.185. The van der Waals surface area contributed by atoms with E-state index in [2.05, 4.69) is 24.3 Å². The Hall–Kier alpha value is -1.80. The molecule has 2 nitrogen and oxygen atoms in total. The maximum atomic E-state index is 9.25. The Labute approximate surface area is 114 Å². The van der Waals surface area contributed by atoms with Crippen molar-refractivity contribution in [2.45, 2.75) is 32.5 Å². The van der Waals surface area contributed by atoms with Crippen LogP contribution in [-0.4, -0.2) is 11.2 Å². The second-order valence-corrected chi connectivity index (χ2v) is 4.81. The fourth-order valence-corrected chi connectivity index (χ4v) is 1.87. The maximum Gasteiger partial charge on any atom is 0.119 e. The van der Waals surface area contributed by atoms with Crippen LogP contribution in [0.15, 0.2) is 54.6 Å². The van der Waals surface area contributed by atoms with Gasteiger partial charge in [0.2, 0.25) is 0 Å². The van der Waals surface area contributed by atoms with E-state index in [1.54, 1.807) is 0 Å². The van der Waals surface area contributed by atoms with Crippen LogP contribution in [0.5, 0.6) is 5.75 Å². The van der Waals surface area contributed by atoms with Crippen LogP contribution in [0, 0.1) is 0 Å². The van der Waals surface area contributed by atoms with Crippen LogP contribution in [0.1, 0.15) is 24.5 Å².